The van der Waals surface area contributed by atoms with Crippen molar-refractivity contribution < 1.29 is 14.3 Å². The van der Waals surface area contributed by atoms with E-state index in [1.54, 1.807) is 6.92 Å². The lowest BCUT2D eigenvalue weighted by atomic mass is 10.2. The summed E-state index contributed by atoms with van der Waals surface area (Å²) in [5.41, 5.74) is 1.87. The van der Waals surface area contributed by atoms with Crippen molar-refractivity contribution in [2.75, 3.05) is 57.8 Å². The number of amides is 3. The molecule has 0 bridgehead atoms. The molecule has 0 aromatic heterocycles. The number of carbonyl (C=O) groups excluding carboxylic acids is 2. The first-order valence-corrected chi connectivity index (χ1v) is 9.73. The van der Waals surface area contributed by atoms with Crippen LogP contribution in [-0.2, 0) is 9.53 Å². The molecule has 0 radical (unpaired) electrons. The molecular formula is C20H30N4O3. The van der Waals surface area contributed by atoms with Crippen LogP contribution in [0.4, 0.5) is 10.5 Å². The number of likely N-dealkylation sites (tertiary alicyclic amines) is 1. The van der Waals surface area contributed by atoms with E-state index in [0.717, 1.165) is 50.5 Å². The van der Waals surface area contributed by atoms with Gasteiger partial charge in [-0.25, -0.2) is 4.79 Å². The van der Waals surface area contributed by atoms with Gasteiger partial charge in [-0.3, -0.25) is 9.69 Å². The van der Waals surface area contributed by atoms with E-state index in [9.17, 15) is 9.59 Å². The fourth-order valence-electron chi connectivity index (χ4n) is 3.76. The molecule has 0 spiro atoms. The Labute approximate surface area is 161 Å². The van der Waals surface area contributed by atoms with Gasteiger partial charge >= 0.3 is 6.03 Å². The van der Waals surface area contributed by atoms with Crippen molar-refractivity contribution in [1.29, 1.82) is 0 Å². The lowest BCUT2D eigenvalue weighted by Crippen LogP contribution is -2.47. The molecule has 1 aromatic rings. The summed E-state index contributed by atoms with van der Waals surface area (Å²) in [6, 6.07) is 7.75. The molecule has 2 saturated heterocycles. The SMILES string of the molecule is CC(=O)N(CCN1CCOCC1)C1CCN(C(=O)Nc2ccccc2C)C1. The van der Waals surface area contributed by atoms with Crippen LogP contribution in [0.5, 0.6) is 0 Å². The van der Waals surface area contributed by atoms with Crippen LogP contribution in [0.1, 0.15) is 18.9 Å². The molecule has 1 N–H and O–H groups in total. The van der Waals surface area contributed by atoms with E-state index in [-0.39, 0.29) is 18.0 Å². The Morgan fingerprint density at radius 2 is 1.96 bits per heavy atom. The summed E-state index contributed by atoms with van der Waals surface area (Å²) in [7, 11) is 0. The molecule has 27 heavy (non-hydrogen) atoms. The summed E-state index contributed by atoms with van der Waals surface area (Å²) >= 11 is 0. The third kappa shape index (κ3) is 5.20. The van der Waals surface area contributed by atoms with Gasteiger partial charge in [-0.05, 0) is 25.0 Å². The molecule has 1 unspecified atom stereocenters. The number of hydrogen-bond acceptors (Lipinski definition) is 4. The molecule has 1 aromatic carbocycles. The Morgan fingerprint density at radius 1 is 1.22 bits per heavy atom. The van der Waals surface area contributed by atoms with Gasteiger partial charge in [0.25, 0.3) is 0 Å². The van der Waals surface area contributed by atoms with Gasteiger partial charge in [-0.15, -0.1) is 0 Å². The Kier molecular flexibility index (Phi) is 6.68. The minimum Gasteiger partial charge on any atom is -0.379 e. The number of ether oxygens (including phenoxy) is 1. The largest absolute Gasteiger partial charge is 0.379 e. The first-order valence-electron chi connectivity index (χ1n) is 9.73. The molecule has 0 aliphatic carbocycles. The summed E-state index contributed by atoms with van der Waals surface area (Å²) < 4.78 is 5.38. The minimum atomic E-state index is -0.0940. The van der Waals surface area contributed by atoms with E-state index in [0.29, 0.717) is 19.6 Å². The second-order valence-electron chi connectivity index (χ2n) is 7.30. The van der Waals surface area contributed by atoms with Crippen LogP contribution in [0.2, 0.25) is 0 Å². The van der Waals surface area contributed by atoms with Gasteiger partial charge < -0.3 is 19.9 Å². The first-order chi connectivity index (χ1) is 13.0. The summed E-state index contributed by atoms with van der Waals surface area (Å²) in [6.45, 7) is 9.77. The molecule has 3 rings (SSSR count). The van der Waals surface area contributed by atoms with Crippen LogP contribution in [0.3, 0.4) is 0 Å². The quantitative estimate of drug-likeness (QED) is 0.853. The fraction of sp³-hybridized carbons (Fsp3) is 0.600. The highest BCUT2D eigenvalue weighted by Gasteiger charge is 2.32. The maximum absolute atomic E-state index is 12.6. The predicted octanol–water partition coefficient (Wildman–Crippen LogP) is 1.78. The smallest absolute Gasteiger partial charge is 0.321 e. The Morgan fingerprint density at radius 3 is 2.67 bits per heavy atom. The average molecular weight is 374 g/mol. The van der Waals surface area contributed by atoms with Gasteiger partial charge in [0.05, 0.1) is 19.3 Å². The van der Waals surface area contributed by atoms with Gasteiger partial charge in [0.1, 0.15) is 0 Å². The number of rotatable bonds is 5. The van der Waals surface area contributed by atoms with Gasteiger partial charge in [0, 0.05) is 51.9 Å². The Balaban J connectivity index is 1.53. The fourth-order valence-corrected chi connectivity index (χ4v) is 3.76. The van der Waals surface area contributed by atoms with Crippen LogP contribution in [-0.4, -0.2) is 85.2 Å². The van der Waals surface area contributed by atoms with Crippen LogP contribution in [0.15, 0.2) is 24.3 Å². The molecule has 0 saturated carbocycles. The van der Waals surface area contributed by atoms with E-state index < -0.39 is 0 Å². The zero-order valence-corrected chi connectivity index (χ0v) is 16.3. The van der Waals surface area contributed by atoms with Gasteiger partial charge in [0.15, 0.2) is 0 Å². The predicted molar refractivity (Wildman–Crippen MR) is 105 cm³/mol. The number of nitrogens with one attached hydrogen (secondary N) is 1. The van der Waals surface area contributed by atoms with E-state index in [1.165, 1.54) is 0 Å². The minimum absolute atomic E-state index is 0.0782. The number of carbonyl (C=O) groups is 2. The summed E-state index contributed by atoms with van der Waals surface area (Å²) in [6.07, 6.45) is 0.823. The highest BCUT2D eigenvalue weighted by Crippen LogP contribution is 2.19. The average Bonchev–Trinajstić information content (AvgIpc) is 3.14. The number of aryl methyl sites for hydroxylation is 1. The van der Waals surface area contributed by atoms with Crippen LogP contribution in [0, 0.1) is 6.92 Å². The van der Waals surface area contributed by atoms with Gasteiger partial charge in [-0.1, -0.05) is 18.2 Å². The molecule has 2 aliphatic heterocycles. The van der Waals surface area contributed by atoms with Crippen molar-refractivity contribution in [3.63, 3.8) is 0 Å². The van der Waals surface area contributed by atoms with E-state index >= 15 is 0 Å². The molecule has 2 aliphatic rings. The molecule has 7 nitrogen and oxygen atoms in total. The number of benzene rings is 1. The monoisotopic (exact) mass is 374 g/mol. The lowest BCUT2D eigenvalue weighted by Gasteiger charge is -2.32. The number of nitrogens with zero attached hydrogens (tertiary/aromatic N) is 3. The Bertz CT molecular complexity index is 660. The normalized spacial score (nSPS) is 20.5. The van der Waals surface area contributed by atoms with E-state index in [1.807, 2.05) is 41.0 Å². The molecule has 2 fully saturated rings. The van der Waals surface area contributed by atoms with Crippen molar-refractivity contribution in [3.05, 3.63) is 29.8 Å². The van der Waals surface area contributed by atoms with E-state index in [4.69, 9.17) is 4.74 Å². The summed E-state index contributed by atoms with van der Waals surface area (Å²) in [5.74, 6) is 0.0782. The number of morpholine rings is 1. The number of para-hydroxylation sites is 1. The second kappa shape index (κ2) is 9.19. The first kappa shape index (κ1) is 19.6. The summed E-state index contributed by atoms with van der Waals surface area (Å²) in [5, 5.41) is 2.99. The van der Waals surface area contributed by atoms with Crippen molar-refractivity contribution in [1.82, 2.24) is 14.7 Å². The third-order valence-corrected chi connectivity index (χ3v) is 5.44. The molecule has 148 valence electrons. The maximum Gasteiger partial charge on any atom is 0.321 e. The lowest BCUT2D eigenvalue weighted by molar-refractivity contribution is -0.131. The zero-order valence-electron chi connectivity index (χ0n) is 16.3. The van der Waals surface area contributed by atoms with Gasteiger partial charge in [0.2, 0.25) is 5.91 Å². The van der Waals surface area contributed by atoms with Gasteiger partial charge in [-0.2, -0.15) is 0 Å². The van der Waals surface area contributed by atoms with Crippen LogP contribution in [0.25, 0.3) is 0 Å². The zero-order chi connectivity index (χ0) is 19.2. The number of urea groups is 1. The van der Waals surface area contributed by atoms with Crippen molar-refractivity contribution in [3.8, 4) is 0 Å². The highest BCUT2D eigenvalue weighted by molar-refractivity contribution is 5.90. The second-order valence-corrected chi connectivity index (χ2v) is 7.30. The molecule has 1 atom stereocenters. The molecule has 2 heterocycles. The standard InChI is InChI=1S/C20H30N4O3/c1-16-5-3-4-6-19(16)21-20(26)23-8-7-18(15-23)24(17(2)25)10-9-22-11-13-27-14-12-22/h3-6,18H,7-15H2,1-2H3,(H,21,26). The van der Waals surface area contributed by atoms with Crippen LogP contribution >= 0.6 is 0 Å². The Hall–Kier alpha value is -2.12. The van der Waals surface area contributed by atoms with Crippen molar-refractivity contribution in [2.24, 2.45) is 0 Å². The highest BCUT2D eigenvalue weighted by atomic mass is 16.5. The molecule has 3 amide bonds. The third-order valence-electron chi connectivity index (χ3n) is 5.44. The maximum atomic E-state index is 12.6. The topological polar surface area (TPSA) is 65.1 Å². The summed E-state index contributed by atoms with van der Waals surface area (Å²) in [4.78, 5) is 30.8. The number of hydrogen-bond donors (Lipinski definition) is 1. The molecular weight excluding hydrogens is 344 g/mol. The number of anilines is 1. The van der Waals surface area contributed by atoms with Crippen LogP contribution < -0.4 is 5.32 Å². The molecule has 7 heteroatoms. The van der Waals surface area contributed by atoms with Crippen molar-refractivity contribution in [2.45, 2.75) is 26.3 Å². The van der Waals surface area contributed by atoms with E-state index in [2.05, 4.69) is 10.2 Å². The van der Waals surface area contributed by atoms with Crippen molar-refractivity contribution >= 4 is 17.6 Å².